The van der Waals surface area contributed by atoms with Gasteiger partial charge in [0.15, 0.2) is 0 Å². The maximum Gasteiger partial charge on any atom is 0.387 e. The first kappa shape index (κ1) is 17.9. The number of H-pyrrole nitrogens is 1. The summed E-state index contributed by atoms with van der Waals surface area (Å²) >= 11 is 0. The fourth-order valence-corrected chi connectivity index (χ4v) is 2.35. The number of aromatic amines is 1. The normalized spacial score (nSPS) is 12.5. The number of ether oxygens (including phenoxy) is 1. The number of rotatable bonds is 7. The van der Waals surface area contributed by atoms with Gasteiger partial charge in [0.25, 0.3) is 5.91 Å². The van der Waals surface area contributed by atoms with Gasteiger partial charge >= 0.3 is 6.61 Å². The molecule has 0 aliphatic rings. The molecule has 0 saturated carbocycles. The van der Waals surface area contributed by atoms with E-state index >= 15 is 0 Å². The predicted octanol–water partition coefficient (Wildman–Crippen LogP) is 4.02. The Balaban J connectivity index is 2.18. The number of nitrogens with one attached hydrogen (secondary N) is 2. The average molecular weight is 337 g/mol. The number of halogens is 2. The van der Waals surface area contributed by atoms with E-state index in [4.69, 9.17) is 0 Å². The first-order chi connectivity index (χ1) is 11.4. The number of alkyl halides is 2. The highest BCUT2D eigenvalue weighted by atomic mass is 19.3. The summed E-state index contributed by atoms with van der Waals surface area (Å²) < 4.78 is 29.6. The fraction of sp³-hybridized carbons (Fsp3) is 0.412. The van der Waals surface area contributed by atoms with E-state index in [1.165, 1.54) is 6.07 Å². The zero-order valence-electron chi connectivity index (χ0n) is 13.8. The molecular weight excluding hydrogens is 316 g/mol. The number of nitrogens with zero attached hydrogens (tertiary/aromatic N) is 1. The molecule has 0 aliphatic heterocycles. The van der Waals surface area contributed by atoms with Crippen LogP contribution in [0, 0.1) is 0 Å². The molecule has 1 heterocycles. The summed E-state index contributed by atoms with van der Waals surface area (Å²) in [5, 5.41) is 9.64. The summed E-state index contributed by atoms with van der Waals surface area (Å²) in [5.41, 5.74) is 1.63. The van der Waals surface area contributed by atoms with Crippen molar-refractivity contribution in [3.8, 4) is 5.75 Å². The van der Waals surface area contributed by atoms with Crippen LogP contribution in [0.5, 0.6) is 5.75 Å². The highest BCUT2D eigenvalue weighted by Gasteiger charge is 2.21. The standard InChI is InChI=1S/C17H21F2N3O2/c1-4-12(11-7-5-6-8-15(11)24-17(18)19)20-16(23)14-9-13(10(2)3)21-22-14/h5-10,12,17H,4H2,1-3H3,(H,20,23)(H,21,22). The van der Waals surface area contributed by atoms with Gasteiger partial charge in [-0.25, -0.2) is 0 Å². The van der Waals surface area contributed by atoms with Crippen LogP contribution in [0.15, 0.2) is 30.3 Å². The maximum atomic E-state index is 12.6. The Bertz CT molecular complexity index is 686. The van der Waals surface area contributed by atoms with Crippen LogP contribution in [0.3, 0.4) is 0 Å². The van der Waals surface area contributed by atoms with E-state index < -0.39 is 12.7 Å². The van der Waals surface area contributed by atoms with Gasteiger partial charge in [0.2, 0.25) is 0 Å². The summed E-state index contributed by atoms with van der Waals surface area (Å²) in [6, 6.07) is 7.69. The number of amides is 1. The van der Waals surface area contributed by atoms with Crippen molar-refractivity contribution >= 4 is 5.91 Å². The van der Waals surface area contributed by atoms with Gasteiger partial charge < -0.3 is 10.1 Å². The van der Waals surface area contributed by atoms with Crippen LogP contribution in [0.4, 0.5) is 8.78 Å². The van der Waals surface area contributed by atoms with Gasteiger partial charge in [-0.1, -0.05) is 39.0 Å². The summed E-state index contributed by atoms with van der Waals surface area (Å²) in [5.74, 6) is -0.0809. The molecule has 2 aromatic rings. The highest BCUT2D eigenvalue weighted by molar-refractivity contribution is 5.92. The number of carbonyl (C=O) groups excluding carboxylic acids is 1. The molecule has 0 radical (unpaired) electrons. The second-order valence-corrected chi connectivity index (χ2v) is 5.71. The van der Waals surface area contributed by atoms with Gasteiger partial charge in [-0.3, -0.25) is 9.89 Å². The molecular formula is C17H21F2N3O2. The molecule has 24 heavy (non-hydrogen) atoms. The molecule has 130 valence electrons. The van der Waals surface area contributed by atoms with Gasteiger partial charge in [0.05, 0.1) is 6.04 Å². The third kappa shape index (κ3) is 4.31. The monoisotopic (exact) mass is 337 g/mol. The molecule has 2 rings (SSSR count). The molecule has 0 bridgehead atoms. The molecule has 0 saturated heterocycles. The van der Waals surface area contributed by atoms with Gasteiger partial charge in [0, 0.05) is 11.3 Å². The van der Waals surface area contributed by atoms with E-state index in [-0.39, 0.29) is 23.3 Å². The van der Waals surface area contributed by atoms with E-state index in [1.807, 2.05) is 20.8 Å². The smallest absolute Gasteiger partial charge is 0.387 e. The number of aromatic nitrogens is 2. The topological polar surface area (TPSA) is 67.0 Å². The molecule has 1 amide bonds. The van der Waals surface area contributed by atoms with Crippen molar-refractivity contribution < 1.29 is 18.3 Å². The third-order valence-corrected chi connectivity index (χ3v) is 3.68. The molecule has 0 fully saturated rings. The first-order valence-corrected chi connectivity index (χ1v) is 7.82. The Morgan fingerprint density at radius 3 is 2.62 bits per heavy atom. The number of hydrogen-bond donors (Lipinski definition) is 2. The molecule has 2 N–H and O–H groups in total. The van der Waals surface area contributed by atoms with Crippen molar-refractivity contribution in [3.63, 3.8) is 0 Å². The van der Waals surface area contributed by atoms with Crippen molar-refractivity contribution in [1.29, 1.82) is 0 Å². The Kier molecular flexibility index (Phi) is 5.89. The van der Waals surface area contributed by atoms with Crippen molar-refractivity contribution in [2.45, 2.75) is 45.8 Å². The molecule has 0 spiro atoms. The number of para-hydroxylation sites is 1. The fourth-order valence-electron chi connectivity index (χ4n) is 2.35. The van der Waals surface area contributed by atoms with E-state index in [0.29, 0.717) is 12.0 Å². The van der Waals surface area contributed by atoms with Crippen LogP contribution in [-0.2, 0) is 0 Å². The lowest BCUT2D eigenvalue weighted by molar-refractivity contribution is -0.0506. The largest absolute Gasteiger partial charge is 0.434 e. The van der Waals surface area contributed by atoms with Crippen LogP contribution < -0.4 is 10.1 Å². The second-order valence-electron chi connectivity index (χ2n) is 5.71. The van der Waals surface area contributed by atoms with Gasteiger partial charge in [-0.15, -0.1) is 0 Å². The van der Waals surface area contributed by atoms with Crippen molar-refractivity contribution in [1.82, 2.24) is 15.5 Å². The minimum Gasteiger partial charge on any atom is -0.434 e. The Morgan fingerprint density at radius 1 is 1.33 bits per heavy atom. The van der Waals surface area contributed by atoms with Gasteiger partial charge in [-0.05, 0) is 24.5 Å². The predicted molar refractivity (Wildman–Crippen MR) is 86.2 cm³/mol. The third-order valence-electron chi connectivity index (χ3n) is 3.68. The lowest BCUT2D eigenvalue weighted by atomic mass is 10.0. The summed E-state index contributed by atoms with van der Waals surface area (Å²) in [7, 11) is 0. The molecule has 5 nitrogen and oxygen atoms in total. The summed E-state index contributed by atoms with van der Waals surface area (Å²) in [6.07, 6.45) is 0.525. The zero-order chi connectivity index (χ0) is 17.7. The number of carbonyl (C=O) groups is 1. The molecule has 1 unspecified atom stereocenters. The summed E-state index contributed by atoms with van der Waals surface area (Å²) in [4.78, 5) is 12.4. The Morgan fingerprint density at radius 2 is 2.04 bits per heavy atom. The quantitative estimate of drug-likeness (QED) is 0.802. The molecule has 7 heteroatoms. The van der Waals surface area contributed by atoms with Crippen molar-refractivity contribution in [2.24, 2.45) is 0 Å². The van der Waals surface area contributed by atoms with Gasteiger partial charge in [0.1, 0.15) is 11.4 Å². The van der Waals surface area contributed by atoms with Crippen LogP contribution in [0.25, 0.3) is 0 Å². The van der Waals surface area contributed by atoms with E-state index in [2.05, 4.69) is 20.3 Å². The van der Waals surface area contributed by atoms with Crippen molar-refractivity contribution in [3.05, 3.63) is 47.3 Å². The van der Waals surface area contributed by atoms with Crippen LogP contribution in [0.2, 0.25) is 0 Å². The van der Waals surface area contributed by atoms with Crippen LogP contribution in [0.1, 0.15) is 60.9 Å². The van der Waals surface area contributed by atoms with E-state index in [1.54, 1.807) is 24.3 Å². The SMILES string of the molecule is CCC(NC(=O)c1cc(C(C)C)[nH]n1)c1ccccc1OC(F)F. The lowest BCUT2D eigenvalue weighted by Gasteiger charge is -2.20. The molecule has 1 atom stereocenters. The Hall–Kier alpha value is -2.44. The Labute approximate surface area is 139 Å². The van der Waals surface area contributed by atoms with Crippen LogP contribution in [-0.4, -0.2) is 22.7 Å². The minimum atomic E-state index is -2.92. The van der Waals surface area contributed by atoms with Gasteiger partial charge in [-0.2, -0.15) is 13.9 Å². The maximum absolute atomic E-state index is 12.6. The lowest BCUT2D eigenvalue weighted by Crippen LogP contribution is -2.29. The van der Waals surface area contributed by atoms with E-state index in [9.17, 15) is 13.6 Å². The van der Waals surface area contributed by atoms with Crippen molar-refractivity contribution in [2.75, 3.05) is 0 Å². The number of benzene rings is 1. The minimum absolute atomic E-state index is 0.0598. The second kappa shape index (κ2) is 7.90. The first-order valence-electron chi connectivity index (χ1n) is 7.82. The van der Waals surface area contributed by atoms with Crippen LogP contribution >= 0.6 is 0 Å². The summed E-state index contributed by atoms with van der Waals surface area (Å²) in [6.45, 7) is 2.91. The molecule has 1 aromatic heterocycles. The van der Waals surface area contributed by atoms with E-state index in [0.717, 1.165) is 5.69 Å². The zero-order valence-corrected chi connectivity index (χ0v) is 13.8. The molecule has 1 aromatic carbocycles. The average Bonchev–Trinajstić information content (AvgIpc) is 3.03. The molecule has 0 aliphatic carbocycles. The number of hydrogen-bond acceptors (Lipinski definition) is 3. The highest BCUT2D eigenvalue weighted by Crippen LogP contribution is 2.28.